The summed E-state index contributed by atoms with van der Waals surface area (Å²) in [7, 11) is 1.78. The predicted octanol–water partition coefficient (Wildman–Crippen LogP) is 4.47. The van der Waals surface area contributed by atoms with E-state index in [9.17, 15) is 0 Å². The smallest absolute Gasteiger partial charge is 0.191 e. The van der Waals surface area contributed by atoms with Crippen molar-refractivity contribution in [2.75, 3.05) is 20.2 Å². The van der Waals surface area contributed by atoms with Crippen molar-refractivity contribution in [3.8, 4) is 11.3 Å². The lowest BCUT2D eigenvalue weighted by Gasteiger charge is -2.40. The summed E-state index contributed by atoms with van der Waals surface area (Å²) in [6, 6.07) is 11.9. The van der Waals surface area contributed by atoms with Crippen LogP contribution in [-0.2, 0) is 11.3 Å². The van der Waals surface area contributed by atoms with Gasteiger partial charge in [-0.05, 0) is 18.3 Å². The Bertz CT molecular complexity index is 771. The third kappa shape index (κ3) is 6.70. The molecule has 0 amide bonds. The number of hydrogen-bond acceptors (Lipinski definition) is 4. The van der Waals surface area contributed by atoms with Crippen LogP contribution in [0.25, 0.3) is 11.3 Å². The molecule has 2 unspecified atom stereocenters. The minimum Gasteiger partial charge on any atom is -0.377 e. The lowest BCUT2D eigenvalue weighted by Crippen LogP contribution is -2.47. The minimum absolute atomic E-state index is 0. The molecule has 1 aromatic heterocycles. The summed E-state index contributed by atoms with van der Waals surface area (Å²) in [5.41, 5.74) is 2.00. The number of aromatic nitrogens is 1. The summed E-state index contributed by atoms with van der Waals surface area (Å²) < 4.78 is 11.5. The van der Waals surface area contributed by atoms with Crippen LogP contribution < -0.4 is 10.6 Å². The molecule has 0 radical (unpaired) electrons. The van der Waals surface area contributed by atoms with Gasteiger partial charge in [-0.1, -0.05) is 56.3 Å². The van der Waals surface area contributed by atoms with Gasteiger partial charge >= 0.3 is 0 Å². The van der Waals surface area contributed by atoms with Crippen LogP contribution in [0.5, 0.6) is 0 Å². The maximum atomic E-state index is 6.07. The molecule has 1 fully saturated rings. The van der Waals surface area contributed by atoms with Gasteiger partial charge in [0.25, 0.3) is 0 Å². The molecule has 1 aliphatic heterocycles. The van der Waals surface area contributed by atoms with Crippen LogP contribution in [-0.4, -0.2) is 37.4 Å². The maximum Gasteiger partial charge on any atom is 0.191 e. The first-order valence-electron chi connectivity index (χ1n) is 10.0. The molecule has 2 aromatic rings. The Morgan fingerprint density at radius 1 is 1.21 bits per heavy atom. The molecule has 0 saturated carbocycles. The number of hydrogen-bond donors (Lipinski definition) is 2. The fourth-order valence-corrected chi connectivity index (χ4v) is 3.77. The second kappa shape index (κ2) is 11.0. The first kappa shape index (κ1) is 23.7. The monoisotopic (exact) mass is 512 g/mol. The van der Waals surface area contributed by atoms with Crippen LogP contribution in [0.15, 0.2) is 45.9 Å². The quantitative estimate of drug-likeness (QED) is 0.352. The third-order valence-corrected chi connectivity index (χ3v) is 5.11. The van der Waals surface area contributed by atoms with Crippen LogP contribution in [0.2, 0.25) is 0 Å². The molecule has 29 heavy (non-hydrogen) atoms. The standard InChI is InChI=1S/C22H32N4O2.HI/c1-22(2,3)20-17(11-8-12-27-20)14-24-21(23-4)25-15-18-13-19(28-26-18)16-9-6-5-7-10-16;/h5-7,9-10,13,17,20H,8,11-12,14-15H2,1-4H3,(H2,23,24,25);1H. The van der Waals surface area contributed by atoms with Crippen LogP contribution in [0, 0.1) is 11.3 Å². The summed E-state index contributed by atoms with van der Waals surface area (Å²) in [5.74, 6) is 2.01. The van der Waals surface area contributed by atoms with Gasteiger partial charge in [-0.15, -0.1) is 24.0 Å². The molecule has 0 bridgehead atoms. The topological polar surface area (TPSA) is 71.7 Å². The normalized spacial score (nSPS) is 20.1. The molecule has 6 nitrogen and oxygen atoms in total. The van der Waals surface area contributed by atoms with Gasteiger partial charge in [-0.25, -0.2) is 0 Å². The number of halogens is 1. The van der Waals surface area contributed by atoms with E-state index in [2.05, 4.69) is 41.6 Å². The Kier molecular flexibility index (Phi) is 8.95. The molecule has 1 aromatic carbocycles. The minimum atomic E-state index is 0. The number of ether oxygens (including phenoxy) is 1. The SMILES string of the molecule is CN=C(NCc1cc(-c2ccccc2)on1)NCC1CCCOC1C(C)(C)C.I. The highest BCUT2D eigenvalue weighted by Gasteiger charge is 2.35. The Labute approximate surface area is 190 Å². The molecule has 2 atom stereocenters. The number of guanidine groups is 1. The highest BCUT2D eigenvalue weighted by atomic mass is 127. The van der Waals surface area contributed by atoms with Gasteiger partial charge in [-0.2, -0.15) is 0 Å². The van der Waals surface area contributed by atoms with E-state index in [0.29, 0.717) is 12.5 Å². The lowest BCUT2D eigenvalue weighted by atomic mass is 9.78. The van der Waals surface area contributed by atoms with Crippen LogP contribution >= 0.6 is 24.0 Å². The third-order valence-electron chi connectivity index (χ3n) is 5.11. The van der Waals surface area contributed by atoms with Gasteiger partial charge in [0.1, 0.15) is 5.69 Å². The highest BCUT2D eigenvalue weighted by molar-refractivity contribution is 14.0. The van der Waals surface area contributed by atoms with Gasteiger partial charge in [0.2, 0.25) is 0 Å². The average molecular weight is 512 g/mol. The summed E-state index contributed by atoms with van der Waals surface area (Å²) >= 11 is 0. The van der Waals surface area contributed by atoms with E-state index < -0.39 is 0 Å². The first-order valence-corrected chi connectivity index (χ1v) is 10.0. The number of rotatable bonds is 5. The number of benzene rings is 1. The summed E-state index contributed by atoms with van der Waals surface area (Å²) in [5, 5.41) is 10.9. The van der Waals surface area contributed by atoms with E-state index in [1.54, 1.807) is 7.05 Å². The van der Waals surface area contributed by atoms with Gasteiger partial charge in [0.15, 0.2) is 11.7 Å². The van der Waals surface area contributed by atoms with E-state index in [0.717, 1.165) is 42.5 Å². The second-order valence-electron chi connectivity index (χ2n) is 8.41. The number of nitrogens with zero attached hydrogens (tertiary/aromatic N) is 2. The molecule has 0 aliphatic carbocycles. The zero-order valence-corrected chi connectivity index (χ0v) is 20.1. The second-order valence-corrected chi connectivity index (χ2v) is 8.41. The molecule has 0 spiro atoms. The number of aliphatic imine (C=N–C) groups is 1. The van der Waals surface area contributed by atoms with Crippen molar-refractivity contribution >= 4 is 29.9 Å². The van der Waals surface area contributed by atoms with Crippen LogP contribution in [0.1, 0.15) is 39.3 Å². The zero-order valence-electron chi connectivity index (χ0n) is 17.8. The molecule has 3 rings (SSSR count). The molecule has 1 saturated heterocycles. The van der Waals surface area contributed by atoms with Crippen molar-refractivity contribution in [2.24, 2.45) is 16.3 Å². The van der Waals surface area contributed by atoms with E-state index >= 15 is 0 Å². The van der Waals surface area contributed by atoms with Gasteiger partial charge < -0.3 is 19.9 Å². The summed E-state index contributed by atoms with van der Waals surface area (Å²) in [6.07, 6.45) is 2.55. The molecule has 160 valence electrons. The van der Waals surface area contributed by atoms with Gasteiger partial charge in [0.05, 0.1) is 12.6 Å². The first-order chi connectivity index (χ1) is 13.5. The van der Waals surface area contributed by atoms with E-state index in [1.807, 2.05) is 36.4 Å². The van der Waals surface area contributed by atoms with Crippen molar-refractivity contribution in [1.29, 1.82) is 0 Å². The van der Waals surface area contributed by atoms with Gasteiger partial charge in [-0.3, -0.25) is 4.99 Å². The van der Waals surface area contributed by atoms with Gasteiger partial charge in [0, 0.05) is 37.7 Å². The van der Waals surface area contributed by atoms with E-state index in [4.69, 9.17) is 9.26 Å². The van der Waals surface area contributed by atoms with Crippen molar-refractivity contribution in [2.45, 2.75) is 46.3 Å². The fraction of sp³-hybridized carbons (Fsp3) is 0.545. The Hall–Kier alpha value is -1.61. The molecule has 2 heterocycles. The molecule has 2 N–H and O–H groups in total. The van der Waals surface area contributed by atoms with E-state index in [1.165, 1.54) is 6.42 Å². The fourth-order valence-electron chi connectivity index (χ4n) is 3.77. The van der Waals surface area contributed by atoms with Crippen LogP contribution in [0.3, 0.4) is 0 Å². The lowest BCUT2D eigenvalue weighted by molar-refractivity contribution is -0.0835. The number of nitrogens with one attached hydrogen (secondary N) is 2. The Morgan fingerprint density at radius 2 is 1.97 bits per heavy atom. The Morgan fingerprint density at radius 3 is 2.66 bits per heavy atom. The molecular weight excluding hydrogens is 479 g/mol. The summed E-state index contributed by atoms with van der Waals surface area (Å²) in [6.45, 7) is 9.00. The van der Waals surface area contributed by atoms with E-state index in [-0.39, 0.29) is 35.5 Å². The van der Waals surface area contributed by atoms with Crippen LogP contribution in [0.4, 0.5) is 0 Å². The van der Waals surface area contributed by atoms with Crippen molar-refractivity contribution in [3.05, 3.63) is 42.1 Å². The molecule has 7 heteroatoms. The Balaban J connectivity index is 0.00000300. The predicted molar refractivity (Wildman–Crippen MR) is 127 cm³/mol. The molecular formula is C22H33IN4O2. The zero-order chi connectivity index (χ0) is 20.0. The average Bonchev–Trinajstić information content (AvgIpc) is 3.17. The highest BCUT2D eigenvalue weighted by Crippen LogP contribution is 2.33. The molecule has 1 aliphatic rings. The summed E-state index contributed by atoms with van der Waals surface area (Å²) in [4.78, 5) is 4.33. The van der Waals surface area contributed by atoms with Crippen molar-refractivity contribution in [3.63, 3.8) is 0 Å². The maximum absolute atomic E-state index is 6.07. The largest absolute Gasteiger partial charge is 0.377 e. The van der Waals surface area contributed by atoms with Crippen molar-refractivity contribution in [1.82, 2.24) is 15.8 Å². The van der Waals surface area contributed by atoms with Crippen molar-refractivity contribution < 1.29 is 9.26 Å².